The van der Waals surface area contributed by atoms with Gasteiger partial charge >= 0.3 is 0 Å². The number of anilines is 1. The molecular formula is C15H19N3O2. The first-order valence-electron chi connectivity index (χ1n) is 6.63. The number of aryl methyl sites for hydroxylation is 1. The molecule has 2 aromatic rings. The van der Waals surface area contributed by atoms with Gasteiger partial charge in [0, 0.05) is 6.07 Å². The van der Waals surface area contributed by atoms with Gasteiger partial charge in [-0.05, 0) is 19.4 Å². The Morgan fingerprint density at radius 3 is 2.65 bits per heavy atom. The van der Waals surface area contributed by atoms with Crippen molar-refractivity contribution in [3.8, 4) is 5.88 Å². The molecule has 1 aromatic heterocycles. The summed E-state index contributed by atoms with van der Waals surface area (Å²) in [6, 6.07) is 11.3. The highest BCUT2D eigenvalue weighted by molar-refractivity contribution is 5.41. The fourth-order valence-electron chi connectivity index (χ4n) is 1.93. The minimum Gasteiger partial charge on any atom is -0.478 e. The summed E-state index contributed by atoms with van der Waals surface area (Å²) in [6.07, 6.45) is 0. The Morgan fingerprint density at radius 1 is 1.25 bits per heavy atom. The lowest BCUT2D eigenvalue weighted by Gasteiger charge is -2.18. The number of nitrogens with zero attached hydrogens (tertiary/aromatic N) is 2. The second kappa shape index (κ2) is 6.86. The first kappa shape index (κ1) is 14.3. The number of hydrogen-bond donors (Lipinski definition) is 2. The SMILES string of the molecule is CCOc1cc(NC(CO)c2ccccc2)nc(C)n1. The molecule has 0 aliphatic carbocycles. The Bertz CT molecular complexity index is 546. The van der Waals surface area contributed by atoms with E-state index in [1.54, 1.807) is 6.07 Å². The maximum atomic E-state index is 9.55. The van der Waals surface area contributed by atoms with Crippen LogP contribution in [-0.4, -0.2) is 28.3 Å². The van der Waals surface area contributed by atoms with Crippen LogP contribution in [0.4, 0.5) is 5.82 Å². The van der Waals surface area contributed by atoms with Crippen LogP contribution in [0.1, 0.15) is 24.4 Å². The highest BCUT2D eigenvalue weighted by Crippen LogP contribution is 2.20. The highest BCUT2D eigenvalue weighted by atomic mass is 16.5. The van der Waals surface area contributed by atoms with Crippen LogP contribution < -0.4 is 10.1 Å². The van der Waals surface area contributed by atoms with E-state index in [0.717, 1.165) is 5.56 Å². The van der Waals surface area contributed by atoms with Crippen molar-refractivity contribution in [3.05, 3.63) is 47.8 Å². The lowest BCUT2D eigenvalue weighted by atomic mass is 10.1. The molecule has 0 aliphatic rings. The molecular weight excluding hydrogens is 254 g/mol. The number of nitrogens with one attached hydrogen (secondary N) is 1. The lowest BCUT2D eigenvalue weighted by molar-refractivity contribution is 0.276. The van der Waals surface area contributed by atoms with E-state index in [1.165, 1.54) is 0 Å². The number of benzene rings is 1. The third-order valence-electron chi connectivity index (χ3n) is 2.81. The predicted octanol–water partition coefficient (Wildman–Crippen LogP) is 2.33. The average Bonchev–Trinajstić information content (AvgIpc) is 2.45. The zero-order chi connectivity index (χ0) is 14.4. The van der Waals surface area contributed by atoms with Crippen LogP contribution in [0.5, 0.6) is 5.88 Å². The van der Waals surface area contributed by atoms with Gasteiger partial charge in [-0.15, -0.1) is 0 Å². The topological polar surface area (TPSA) is 67.3 Å². The zero-order valence-electron chi connectivity index (χ0n) is 11.7. The van der Waals surface area contributed by atoms with E-state index in [4.69, 9.17) is 4.74 Å². The van der Waals surface area contributed by atoms with Gasteiger partial charge < -0.3 is 15.2 Å². The molecule has 0 spiro atoms. The van der Waals surface area contributed by atoms with Crippen molar-refractivity contribution in [1.29, 1.82) is 0 Å². The number of aromatic nitrogens is 2. The summed E-state index contributed by atoms with van der Waals surface area (Å²) in [6.45, 7) is 4.25. The van der Waals surface area contributed by atoms with Crippen LogP contribution in [0, 0.1) is 6.92 Å². The fraction of sp³-hybridized carbons (Fsp3) is 0.333. The average molecular weight is 273 g/mol. The van der Waals surface area contributed by atoms with Gasteiger partial charge in [0.25, 0.3) is 0 Å². The van der Waals surface area contributed by atoms with Gasteiger partial charge in [0.2, 0.25) is 5.88 Å². The molecule has 5 nitrogen and oxygen atoms in total. The summed E-state index contributed by atoms with van der Waals surface area (Å²) in [4.78, 5) is 8.51. The van der Waals surface area contributed by atoms with Gasteiger partial charge in [-0.2, -0.15) is 4.98 Å². The van der Waals surface area contributed by atoms with E-state index < -0.39 is 0 Å². The Kier molecular flexibility index (Phi) is 4.90. The molecule has 2 rings (SSSR count). The molecule has 106 valence electrons. The van der Waals surface area contributed by atoms with Crippen LogP contribution in [0.25, 0.3) is 0 Å². The fourth-order valence-corrected chi connectivity index (χ4v) is 1.93. The number of ether oxygens (including phenoxy) is 1. The summed E-state index contributed by atoms with van der Waals surface area (Å²) in [7, 11) is 0. The van der Waals surface area contributed by atoms with E-state index in [9.17, 15) is 5.11 Å². The van der Waals surface area contributed by atoms with Gasteiger partial charge in [-0.25, -0.2) is 4.98 Å². The Morgan fingerprint density at radius 2 is 2.00 bits per heavy atom. The van der Waals surface area contributed by atoms with Gasteiger partial charge in [0.1, 0.15) is 11.6 Å². The molecule has 0 radical (unpaired) electrons. The van der Waals surface area contributed by atoms with Crippen molar-refractivity contribution in [1.82, 2.24) is 9.97 Å². The lowest BCUT2D eigenvalue weighted by Crippen LogP contribution is -2.16. The number of aliphatic hydroxyl groups is 1. The minimum absolute atomic E-state index is 0.0168. The predicted molar refractivity (Wildman–Crippen MR) is 77.8 cm³/mol. The van der Waals surface area contributed by atoms with Gasteiger partial charge in [-0.3, -0.25) is 0 Å². The summed E-state index contributed by atoms with van der Waals surface area (Å²) >= 11 is 0. The molecule has 1 unspecified atom stereocenters. The van der Waals surface area contributed by atoms with E-state index in [1.807, 2.05) is 44.2 Å². The monoisotopic (exact) mass is 273 g/mol. The normalized spacial score (nSPS) is 11.9. The van der Waals surface area contributed by atoms with Crippen LogP contribution in [-0.2, 0) is 0 Å². The molecule has 5 heteroatoms. The van der Waals surface area contributed by atoms with Crippen molar-refractivity contribution in [2.45, 2.75) is 19.9 Å². The van der Waals surface area contributed by atoms with Crippen molar-refractivity contribution in [3.63, 3.8) is 0 Å². The Balaban J connectivity index is 2.19. The Hall–Kier alpha value is -2.14. The molecule has 1 heterocycles. The number of rotatable bonds is 6. The standard InChI is InChI=1S/C15H19N3O2/c1-3-20-15-9-14(16-11(2)17-15)18-13(10-19)12-7-5-4-6-8-12/h4-9,13,19H,3,10H2,1-2H3,(H,16,17,18). The van der Waals surface area contributed by atoms with Crippen molar-refractivity contribution in [2.75, 3.05) is 18.5 Å². The van der Waals surface area contributed by atoms with Crippen molar-refractivity contribution >= 4 is 5.82 Å². The first-order chi connectivity index (χ1) is 9.72. The van der Waals surface area contributed by atoms with Crippen LogP contribution in [0.3, 0.4) is 0 Å². The molecule has 0 bridgehead atoms. The van der Waals surface area contributed by atoms with Crippen molar-refractivity contribution < 1.29 is 9.84 Å². The third-order valence-corrected chi connectivity index (χ3v) is 2.81. The number of aliphatic hydroxyl groups excluding tert-OH is 1. The van der Waals surface area contributed by atoms with Crippen molar-refractivity contribution in [2.24, 2.45) is 0 Å². The largest absolute Gasteiger partial charge is 0.478 e. The van der Waals surface area contributed by atoms with Crippen LogP contribution in [0.2, 0.25) is 0 Å². The maximum Gasteiger partial charge on any atom is 0.218 e. The smallest absolute Gasteiger partial charge is 0.218 e. The molecule has 0 saturated heterocycles. The molecule has 0 amide bonds. The van der Waals surface area contributed by atoms with Crippen LogP contribution in [0.15, 0.2) is 36.4 Å². The summed E-state index contributed by atoms with van der Waals surface area (Å²) < 4.78 is 5.39. The summed E-state index contributed by atoms with van der Waals surface area (Å²) in [5, 5.41) is 12.7. The summed E-state index contributed by atoms with van der Waals surface area (Å²) in [5.41, 5.74) is 1.00. The molecule has 0 fully saturated rings. The summed E-state index contributed by atoms with van der Waals surface area (Å²) in [5.74, 6) is 1.80. The molecule has 1 atom stereocenters. The second-order valence-electron chi connectivity index (χ2n) is 4.36. The van der Waals surface area contributed by atoms with E-state index in [-0.39, 0.29) is 12.6 Å². The van der Waals surface area contributed by atoms with Gasteiger partial charge in [-0.1, -0.05) is 30.3 Å². The molecule has 0 saturated carbocycles. The number of hydrogen-bond acceptors (Lipinski definition) is 5. The van der Waals surface area contributed by atoms with E-state index in [0.29, 0.717) is 24.1 Å². The van der Waals surface area contributed by atoms with E-state index in [2.05, 4.69) is 15.3 Å². The maximum absolute atomic E-state index is 9.55. The quantitative estimate of drug-likeness (QED) is 0.845. The highest BCUT2D eigenvalue weighted by Gasteiger charge is 2.11. The molecule has 20 heavy (non-hydrogen) atoms. The second-order valence-corrected chi connectivity index (χ2v) is 4.36. The molecule has 1 aromatic carbocycles. The van der Waals surface area contributed by atoms with Gasteiger partial charge in [0.05, 0.1) is 19.3 Å². The molecule has 2 N–H and O–H groups in total. The van der Waals surface area contributed by atoms with Crippen LogP contribution >= 0.6 is 0 Å². The third kappa shape index (κ3) is 3.68. The van der Waals surface area contributed by atoms with E-state index >= 15 is 0 Å². The Labute approximate surface area is 118 Å². The minimum atomic E-state index is -0.208. The zero-order valence-corrected chi connectivity index (χ0v) is 11.7. The first-order valence-corrected chi connectivity index (χ1v) is 6.63. The van der Waals surface area contributed by atoms with Gasteiger partial charge in [0.15, 0.2) is 0 Å². The molecule has 0 aliphatic heterocycles.